The van der Waals surface area contributed by atoms with Crippen molar-refractivity contribution >= 4 is 28.1 Å². The molecule has 0 fully saturated rings. The number of hydrogen-bond donors (Lipinski definition) is 0. The van der Waals surface area contributed by atoms with Gasteiger partial charge in [-0.2, -0.15) is 9.61 Å². The Balaban J connectivity index is 1.47. The molecule has 0 atom stereocenters. The smallest absolute Gasteiger partial charge is 0.277 e. The van der Waals surface area contributed by atoms with Crippen molar-refractivity contribution in [1.29, 1.82) is 0 Å². The van der Waals surface area contributed by atoms with Crippen molar-refractivity contribution in [3.63, 3.8) is 0 Å². The summed E-state index contributed by atoms with van der Waals surface area (Å²) in [6.07, 6.45) is 0. The number of thioether (sulfide) groups is 1. The topological polar surface area (TPSA) is 95.4 Å². The number of ether oxygens (including phenoxy) is 1. The van der Waals surface area contributed by atoms with Gasteiger partial charge in [-0.15, -0.1) is 10.2 Å². The summed E-state index contributed by atoms with van der Waals surface area (Å²) in [6, 6.07) is 8.94. The van der Waals surface area contributed by atoms with E-state index < -0.39 is 0 Å². The van der Waals surface area contributed by atoms with E-state index in [4.69, 9.17) is 9.15 Å². The lowest BCUT2D eigenvalue weighted by molar-refractivity contribution is 0.340. The lowest BCUT2D eigenvalue weighted by Crippen LogP contribution is -2.15. The van der Waals surface area contributed by atoms with Gasteiger partial charge >= 0.3 is 0 Å². The molecule has 138 valence electrons. The van der Waals surface area contributed by atoms with Crippen LogP contribution in [0.25, 0.3) is 16.4 Å². The highest BCUT2D eigenvalue weighted by atomic mass is 32.2. The maximum Gasteiger partial charge on any atom is 0.277 e. The predicted molar refractivity (Wildman–Crippen MR) is 102 cm³/mol. The fourth-order valence-corrected chi connectivity index (χ4v) is 3.83. The van der Waals surface area contributed by atoms with E-state index in [1.807, 2.05) is 38.1 Å². The minimum absolute atomic E-state index is 0.194. The Bertz CT molecular complexity index is 1130. The summed E-state index contributed by atoms with van der Waals surface area (Å²) in [7, 11) is 0. The van der Waals surface area contributed by atoms with Gasteiger partial charge in [0.15, 0.2) is 0 Å². The lowest BCUT2D eigenvalue weighted by Gasteiger charge is -2.02. The molecule has 0 aliphatic rings. The fourth-order valence-electron chi connectivity index (χ4n) is 2.41. The Morgan fingerprint density at radius 3 is 2.85 bits per heavy atom. The molecule has 0 spiro atoms. The van der Waals surface area contributed by atoms with Gasteiger partial charge < -0.3 is 9.15 Å². The van der Waals surface area contributed by atoms with Crippen LogP contribution in [0.3, 0.4) is 0 Å². The van der Waals surface area contributed by atoms with Crippen LogP contribution in [0.4, 0.5) is 0 Å². The molecule has 0 saturated heterocycles. The first-order valence-corrected chi connectivity index (χ1v) is 9.98. The molecule has 0 N–H and O–H groups in total. The fraction of sp³-hybridized carbons (Fsp3) is 0.235. The van der Waals surface area contributed by atoms with E-state index in [9.17, 15) is 4.79 Å². The van der Waals surface area contributed by atoms with Gasteiger partial charge in [-0.1, -0.05) is 23.1 Å². The van der Waals surface area contributed by atoms with Gasteiger partial charge in [0.25, 0.3) is 10.8 Å². The zero-order valence-corrected chi connectivity index (χ0v) is 16.2. The Hall–Kier alpha value is -2.72. The molecule has 0 aliphatic carbocycles. The molecular formula is C17H15N5O3S2. The Morgan fingerprint density at radius 2 is 2.07 bits per heavy atom. The number of hydrogen-bond acceptors (Lipinski definition) is 9. The molecule has 0 aliphatic heterocycles. The number of aryl methyl sites for hydroxylation is 1. The summed E-state index contributed by atoms with van der Waals surface area (Å²) >= 11 is 2.71. The van der Waals surface area contributed by atoms with Crippen molar-refractivity contribution < 1.29 is 9.15 Å². The van der Waals surface area contributed by atoms with E-state index in [-0.39, 0.29) is 5.56 Å². The second-order valence-corrected chi connectivity index (χ2v) is 7.61. The normalized spacial score (nSPS) is 11.2. The number of aromatic nitrogens is 5. The van der Waals surface area contributed by atoms with Crippen LogP contribution in [0.15, 0.2) is 44.8 Å². The third-order valence-electron chi connectivity index (χ3n) is 3.56. The van der Waals surface area contributed by atoms with Gasteiger partial charge in [0.2, 0.25) is 10.9 Å². The largest absolute Gasteiger partial charge is 0.494 e. The minimum atomic E-state index is -0.194. The monoisotopic (exact) mass is 401 g/mol. The molecule has 10 heteroatoms. The molecule has 0 saturated carbocycles. The quantitative estimate of drug-likeness (QED) is 0.455. The number of rotatable bonds is 6. The summed E-state index contributed by atoms with van der Waals surface area (Å²) < 4.78 is 12.4. The third kappa shape index (κ3) is 3.86. The summed E-state index contributed by atoms with van der Waals surface area (Å²) in [5, 5.41) is 13.5. The molecule has 4 aromatic rings. The van der Waals surface area contributed by atoms with Gasteiger partial charge in [0, 0.05) is 17.4 Å². The third-order valence-corrected chi connectivity index (χ3v) is 5.24. The van der Waals surface area contributed by atoms with Crippen LogP contribution in [0.5, 0.6) is 5.75 Å². The lowest BCUT2D eigenvalue weighted by atomic mass is 10.2. The Kier molecular flexibility index (Phi) is 4.90. The van der Waals surface area contributed by atoms with E-state index in [0.29, 0.717) is 34.1 Å². The Morgan fingerprint density at radius 1 is 1.26 bits per heavy atom. The SMILES string of the molecule is CCOc1ccc(-c2nnc(SCc3cc(=O)n4nc(C)sc4n3)o2)cc1. The van der Waals surface area contributed by atoms with E-state index >= 15 is 0 Å². The van der Waals surface area contributed by atoms with Crippen LogP contribution in [0.2, 0.25) is 0 Å². The van der Waals surface area contributed by atoms with Gasteiger partial charge in [-0.3, -0.25) is 4.79 Å². The van der Waals surface area contributed by atoms with Gasteiger partial charge in [-0.05, 0) is 38.1 Å². The van der Waals surface area contributed by atoms with Crippen molar-refractivity contribution in [3.05, 3.63) is 51.4 Å². The van der Waals surface area contributed by atoms with E-state index in [2.05, 4.69) is 20.3 Å². The molecule has 27 heavy (non-hydrogen) atoms. The van der Waals surface area contributed by atoms with Crippen LogP contribution < -0.4 is 10.3 Å². The maximum atomic E-state index is 12.1. The summed E-state index contributed by atoms with van der Waals surface area (Å²) in [5.41, 5.74) is 1.27. The van der Waals surface area contributed by atoms with Crippen LogP contribution in [0, 0.1) is 6.92 Å². The van der Waals surface area contributed by atoms with Crippen molar-refractivity contribution in [1.82, 2.24) is 24.8 Å². The maximum absolute atomic E-state index is 12.1. The molecule has 3 aromatic heterocycles. The first kappa shape index (κ1) is 17.7. The number of nitrogens with zero attached hydrogens (tertiary/aromatic N) is 5. The van der Waals surface area contributed by atoms with Crippen molar-refractivity contribution in [3.8, 4) is 17.2 Å². The highest BCUT2D eigenvalue weighted by Crippen LogP contribution is 2.26. The molecule has 0 radical (unpaired) electrons. The highest BCUT2D eigenvalue weighted by Gasteiger charge is 2.12. The summed E-state index contributed by atoms with van der Waals surface area (Å²) in [4.78, 5) is 17.1. The average molecular weight is 401 g/mol. The van der Waals surface area contributed by atoms with Crippen molar-refractivity contribution in [2.75, 3.05) is 6.61 Å². The second kappa shape index (κ2) is 7.49. The van der Waals surface area contributed by atoms with Crippen molar-refractivity contribution in [2.45, 2.75) is 24.8 Å². The molecule has 1 aromatic carbocycles. The van der Waals surface area contributed by atoms with E-state index in [0.717, 1.165) is 16.3 Å². The Labute approximate surface area is 162 Å². The molecule has 0 unspecified atom stereocenters. The summed E-state index contributed by atoms with van der Waals surface area (Å²) in [5.74, 6) is 1.68. The van der Waals surface area contributed by atoms with Crippen LogP contribution in [-0.4, -0.2) is 31.4 Å². The van der Waals surface area contributed by atoms with Crippen molar-refractivity contribution in [2.24, 2.45) is 0 Å². The highest BCUT2D eigenvalue weighted by molar-refractivity contribution is 7.98. The molecule has 3 heterocycles. The zero-order chi connectivity index (χ0) is 18.8. The van der Waals surface area contributed by atoms with E-state index in [1.54, 1.807) is 0 Å². The molecule has 0 amide bonds. The van der Waals surface area contributed by atoms with Crippen LogP contribution in [-0.2, 0) is 5.75 Å². The standard InChI is InChI=1S/C17H15N5O3S2/c1-3-24-13-6-4-11(5-7-13)15-19-20-17(25-15)26-9-12-8-14(23)22-16(18-12)27-10(2)21-22/h4-8H,3,9H2,1-2H3. The van der Waals surface area contributed by atoms with Gasteiger partial charge in [0.1, 0.15) is 10.8 Å². The second-order valence-electron chi connectivity index (χ2n) is 5.52. The molecule has 4 rings (SSSR count). The zero-order valence-electron chi connectivity index (χ0n) is 14.6. The first-order valence-electron chi connectivity index (χ1n) is 8.18. The van der Waals surface area contributed by atoms with Crippen LogP contribution >= 0.6 is 23.1 Å². The predicted octanol–water partition coefficient (Wildman–Crippen LogP) is 3.20. The number of benzene rings is 1. The average Bonchev–Trinajstić information content (AvgIpc) is 3.27. The van der Waals surface area contributed by atoms with Gasteiger partial charge in [0.05, 0.1) is 12.3 Å². The number of fused-ring (bicyclic) bond motifs is 1. The molecule has 0 bridgehead atoms. The van der Waals surface area contributed by atoms with E-state index in [1.165, 1.54) is 33.7 Å². The first-order chi connectivity index (χ1) is 13.1. The molecule has 8 nitrogen and oxygen atoms in total. The van der Waals surface area contributed by atoms with Crippen LogP contribution in [0.1, 0.15) is 17.6 Å². The molecular weight excluding hydrogens is 386 g/mol. The minimum Gasteiger partial charge on any atom is -0.494 e. The van der Waals surface area contributed by atoms with Gasteiger partial charge in [-0.25, -0.2) is 4.98 Å². The summed E-state index contributed by atoms with van der Waals surface area (Å²) in [6.45, 7) is 4.39.